The molecule has 5 nitrogen and oxygen atoms in total. The smallest absolute Gasteiger partial charge is 0.218 e. The predicted octanol–water partition coefficient (Wildman–Crippen LogP) is -0.225. The molecule has 3 N–H and O–H groups in total. The van der Waals surface area contributed by atoms with Gasteiger partial charge >= 0.3 is 0 Å². The van der Waals surface area contributed by atoms with Crippen LogP contribution in [0.4, 0.5) is 5.69 Å². The van der Waals surface area contributed by atoms with Gasteiger partial charge in [0, 0.05) is 18.8 Å². The van der Waals surface area contributed by atoms with Gasteiger partial charge in [-0.1, -0.05) is 12.1 Å². The van der Waals surface area contributed by atoms with Crippen LogP contribution in [0.1, 0.15) is 5.56 Å². The number of anilines is 1. The Hall–Kier alpha value is -1.11. The van der Waals surface area contributed by atoms with Gasteiger partial charge in [0.25, 0.3) is 0 Å². The molecule has 0 unspecified atom stereocenters. The molecule has 1 heterocycles. The van der Waals surface area contributed by atoms with Crippen molar-refractivity contribution in [2.75, 3.05) is 18.8 Å². The molecule has 1 aliphatic rings. The van der Waals surface area contributed by atoms with Crippen LogP contribution < -0.4 is 5.73 Å². The molecular formula is C10H14N2O3S. The lowest BCUT2D eigenvalue weighted by molar-refractivity contribution is 0.0547. The molecule has 6 heteroatoms. The molecular weight excluding hydrogens is 228 g/mol. The van der Waals surface area contributed by atoms with E-state index in [0.29, 0.717) is 11.3 Å². The van der Waals surface area contributed by atoms with E-state index in [2.05, 4.69) is 0 Å². The molecule has 0 atom stereocenters. The molecule has 1 aromatic carbocycles. The van der Waals surface area contributed by atoms with Crippen LogP contribution in [0.3, 0.4) is 0 Å². The lowest BCUT2D eigenvalue weighted by Gasteiger charge is -2.34. The van der Waals surface area contributed by atoms with Crippen LogP contribution in [0.2, 0.25) is 0 Å². The van der Waals surface area contributed by atoms with Crippen molar-refractivity contribution in [3.63, 3.8) is 0 Å². The van der Waals surface area contributed by atoms with Crippen LogP contribution in [0.5, 0.6) is 0 Å². The van der Waals surface area contributed by atoms with Crippen LogP contribution in [-0.4, -0.2) is 37.0 Å². The van der Waals surface area contributed by atoms with Gasteiger partial charge in [0.2, 0.25) is 10.0 Å². The number of rotatable bonds is 3. The topological polar surface area (TPSA) is 83.6 Å². The number of sulfonamides is 1. The zero-order valence-corrected chi connectivity index (χ0v) is 9.52. The van der Waals surface area contributed by atoms with Gasteiger partial charge < -0.3 is 10.8 Å². The first kappa shape index (κ1) is 11.4. The van der Waals surface area contributed by atoms with Gasteiger partial charge in [-0.05, 0) is 17.7 Å². The molecule has 0 spiro atoms. The van der Waals surface area contributed by atoms with E-state index in [4.69, 9.17) is 10.8 Å². The number of β-amino-alcohol motifs (C(OH)–C–C–N with tert-alkyl or cyclic N) is 1. The molecule has 1 aliphatic heterocycles. The molecule has 0 amide bonds. The minimum Gasteiger partial charge on any atom is -0.399 e. The van der Waals surface area contributed by atoms with Gasteiger partial charge in [0.15, 0.2) is 0 Å². The van der Waals surface area contributed by atoms with Crippen LogP contribution in [-0.2, 0) is 15.8 Å². The molecule has 88 valence electrons. The Kier molecular flexibility index (Phi) is 2.88. The van der Waals surface area contributed by atoms with E-state index in [-0.39, 0.29) is 18.8 Å². The number of nitrogens with zero attached hydrogens (tertiary/aromatic N) is 1. The van der Waals surface area contributed by atoms with Crippen LogP contribution in [0, 0.1) is 0 Å². The van der Waals surface area contributed by atoms with Gasteiger partial charge in [-0.3, -0.25) is 0 Å². The van der Waals surface area contributed by atoms with Crippen LogP contribution in [0.25, 0.3) is 0 Å². The molecule has 16 heavy (non-hydrogen) atoms. The summed E-state index contributed by atoms with van der Waals surface area (Å²) in [4.78, 5) is 0. The number of nitrogens with two attached hydrogens (primary N) is 1. The first-order chi connectivity index (χ1) is 7.47. The highest BCUT2D eigenvalue weighted by Gasteiger charge is 2.34. The lowest BCUT2D eigenvalue weighted by atomic mass is 10.2. The zero-order valence-electron chi connectivity index (χ0n) is 8.70. The summed E-state index contributed by atoms with van der Waals surface area (Å²) in [5, 5.41) is 9.06. The van der Waals surface area contributed by atoms with Gasteiger partial charge in [-0.2, -0.15) is 4.31 Å². The van der Waals surface area contributed by atoms with Gasteiger partial charge in [-0.15, -0.1) is 0 Å². The quantitative estimate of drug-likeness (QED) is 0.717. The lowest BCUT2D eigenvalue weighted by Crippen LogP contribution is -2.53. The second kappa shape index (κ2) is 4.04. The zero-order chi connectivity index (χ0) is 11.8. The highest BCUT2D eigenvalue weighted by Crippen LogP contribution is 2.18. The van der Waals surface area contributed by atoms with Crippen molar-refractivity contribution < 1.29 is 13.5 Å². The highest BCUT2D eigenvalue weighted by molar-refractivity contribution is 7.88. The Labute approximate surface area is 94.5 Å². The number of aliphatic hydroxyl groups is 1. The summed E-state index contributed by atoms with van der Waals surface area (Å²) >= 11 is 0. The Morgan fingerprint density at radius 3 is 2.38 bits per heavy atom. The number of hydrogen-bond donors (Lipinski definition) is 2. The number of hydrogen-bond acceptors (Lipinski definition) is 4. The van der Waals surface area contributed by atoms with Crippen molar-refractivity contribution in [2.24, 2.45) is 0 Å². The molecule has 0 aromatic heterocycles. The minimum atomic E-state index is -3.29. The average Bonchev–Trinajstić information content (AvgIpc) is 2.16. The van der Waals surface area contributed by atoms with Crippen molar-refractivity contribution >= 4 is 15.7 Å². The molecule has 0 aliphatic carbocycles. The maximum absolute atomic E-state index is 11.8. The van der Waals surface area contributed by atoms with E-state index in [1.165, 1.54) is 4.31 Å². The summed E-state index contributed by atoms with van der Waals surface area (Å²) in [5.41, 5.74) is 6.83. The number of aliphatic hydroxyl groups excluding tert-OH is 1. The predicted molar refractivity (Wildman–Crippen MR) is 61.1 cm³/mol. The monoisotopic (exact) mass is 242 g/mol. The standard InChI is InChI=1S/C10H14N2O3S/c11-9-3-1-8(2-4-9)7-16(14,15)12-5-10(13)6-12/h1-4,10,13H,5-7,11H2. The third kappa shape index (κ3) is 2.34. The molecule has 1 fully saturated rings. The molecule has 1 saturated heterocycles. The Bertz CT molecular complexity index is 463. The van der Waals surface area contributed by atoms with E-state index in [1.807, 2.05) is 0 Å². The highest BCUT2D eigenvalue weighted by atomic mass is 32.2. The second-order valence-electron chi connectivity index (χ2n) is 3.97. The summed E-state index contributed by atoms with van der Waals surface area (Å²) in [7, 11) is -3.29. The van der Waals surface area contributed by atoms with Crippen molar-refractivity contribution in [2.45, 2.75) is 11.9 Å². The van der Waals surface area contributed by atoms with Crippen LogP contribution in [0.15, 0.2) is 24.3 Å². The average molecular weight is 242 g/mol. The van der Waals surface area contributed by atoms with Crippen molar-refractivity contribution in [1.29, 1.82) is 0 Å². The van der Waals surface area contributed by atoms with Crippen molar-refractivity contribution in [1.82, 2.24) is 4.31 Å². The maximum Gasteiger partial charge on any atom is 0.218 e. The maximum atomic E-state index is 11.8. The first-order valence-electron chi connectivity index (χ1n) is 4.98. The van der Waals surface area contributed by atoms with Crippen LogP contribution >= 0.6 is 0 Å². The van der Waals surface area contributed by atoms with E-state index in [0.717, 1.165) is 0 Å². The third-order valence-electron chi connectivity index (χ3n) is 2.55. The van der Waals surface area contributed by atoms with E-state index >= 15 is 0 Å². The SMILES string of the molecule is Nc1ccc(CS(=O)(=O)N2CC(O)C2)cc1. The fraction of sp³-hybridized carbons (Fsp3) is 0.400. The first-order valence-corrected chi connectivity index (χ1v) is 6.58. The van der Waals surface area contributed by atoms with E-state index < -0.39 is 16.1 Å². The van der Waals surface area contributed by atoms with Crippen molar-refractivity contribution in [3.05, 3.63) is 29.8 Å². The van der Waals surface area contributed by atoms with Gasteiger partial charge in [-0.25, -0.2) is 8.42 Å². The molecule has 0 saturated carbocycles. The van der Waals surface area contributed by atoms with Gasteiger partial charge in [0.05, 0.1) is 11.9 Å². The summed E-state index contributed by atoms with van der Waals surface area (Å²) in [6, 6.07) is 6.75. The fourth-order valence-electron chi connectivity index (χ4n) is 1.56. The van der Waals surface area contributed by atoms with E-state index in [9.17, 15) is 8.42 Å². The number of benzene rings is 1. The summed E-state index contributed by atoms with van der Waals surface area (Å²) in [6.07, 6.45) is -0.513. The molecule has 0 radical (unpaired) electrons. The fourth-order valence-corrected chi connectivity index (χ4v) is 3.15. The summed E-state index contributed by atoms with van der Waals surface area (Å²) in [5.74, 6) is -0.0417. The number of nitrogen functional groups attached to an aromatic ring is 1. The largest absolute Gasteiger partial charge is 0.399 e. The minimum absolute atomic E-state index is 0.0417. The molecule has 0 bridgehead atoms. The summed E-state index contributed by atoms with van der Waals surface area (Å²) in [6.45, 7) is 0.411. The normalized spacial score (nSPS) is 18.3. The van der Waals surface area contributed by atoms with Gasteiger partial charge in [0.1, 0.15) is 0 Å². The van der Waals surface area contributed by atoms with Crippen molar-refractivity contribution in [3.8, 4) is 0 Å². The summed E-state index contributed by atoms with van der Waals surface area (Å²) < 4.78 is 24.9. The Morgan fingerprint density at radius 2 is 1.88 bits per heavy atom. The third-order valence-corrected chi connectivity index (χ3v) is 4.33. The Balaban J connectivity index is 2.06. The second-order valence-corrected chi connectivity index (χ2v) is 5.94. The molecule has 2 rings (SSSR count). The Morgan fingerprint density at radius 1 is 1.31 bits per heavy atom. The molecule has 1 aromatic rings. The van der Waals surface area contributed by atoms with E-state index in [1.54, 1.807) is 24.3 Å².